The summed E-state index contributed by atoms with van der Waals surface area (Å²) in [5.74, 6) is 0. The fourth-order valence-electron chi connectivity index (χ4n) is 0.575. The molecule has 0 aliphatic carbocycles. The molecule has 1 N–H and O–H groups in total. The van der Waals surface area contributed by atoms with E-state index in [9.17, 15) is 0 Å². The lowest BCUT2D eigenvalue weighted by Crippen LogP contribution is -2.43. The fourth-order valence-corrected chi connectivity index (χ4v) is 0.575. The van der Waals surface area contributed by atoms with E-state index in [1.165, 1.54) is 0 Å². The van der Waals surface area contributed by atoms with Crippen LogP contribution < -0.4 is 0 Å². The standard InChI is InChI=1S/C5H10O2/c1-5(4-6)2-3-7-5/h6H,2-4H2,1H3/t5-/m1/s1. The van der Waals surface area contributed by atoms with Crippen LogP contribution in [0.5, 0.6) is 0 Å². The van der Waals surface area contributed by atoms with Gasteiger partial charge in [0, 0.05) is 6.42 Å². The molecule has 0 bridgehead atoms. The quantitative estimate of drug-likeness (QED) is 0.511. The molecule has 0 amide bonds. The van der Waals surface area contributed by atoms with Gasteiger partial charge in [0.15, 0.2) is 0 Å². The van der Waals surface area contributed by atoms with Gasteiger partial charge in [-0.05, 0) is 6.92 Å². The van der Waals surface area contributed by atoms with Crippen LogP contribution in [0.1, 0.15) is 13.3 Å². The van der Waals surface area contributed by atoms with Gasteiger partial charge in [0.2, 0.25) is 0 Å². The Hall–Kier alpha value is -0.0800. The molecule has 0 radical (unpaired) electrons. The van der Waals surface area contributed by atoms with Crippen molar-refractivity contribution in [3.8, 4) is 0 Å². The highest BCUT2D eigenvalue weighted by molar-refractivity contribution is 4.80. The van der Waals surface area contributed by atoms with Crippen molar-refractivity contribution in [2.75, 3.05) is 13.2 Å². The van der Waals surface area contributed by atoms with Crippen molar-refractivity contribution in [2.24, 2.45) is 0 Å². The van der Waals surface area contributed by atoms with Gasteiger partial charge in [-0.2, -0.15) is 0 Å². The zero-order chi connectivity index (χ0) is 5.33. The van der Waals surface area contributed by atoms with E-state index < -0.39 is 0 Å². The molecule has 0 unspecified atom stereocenters. The Morgan fingerprint density at radius 3 is 2.43 bits per heavy atom. The molecule has 42 valence electrons. The minimum Gasteiger partial charge on any atom is -0.393 e. The molecular formula is C5H10O2. The van der Waals surface area contributed by atoms with Crippen LogP contribution >= 0.6 is 0 Å². The number of ether oxygens (including phenoxy) is 1. The van der Waals surface area contributed by atoms with Crippen molar-refractivity contribution < 1.29 is 9.84 Å². The van der Waals surface area contributed by atoms with Gasteiger partial charge in [-0.1, -0.05) is 0 Å². The molecular weight excluding hydrogens is 92.1 g/mol. The van der Waals surface area contributed by atoms with Crippen molar-refractivity contribution in [2.45, 2.75) is 18.9 Å². The second-order valence-electron chi connectivity index (χ2n) is 2.21. The van der Waals surface area contributed by atoms with Crippen LogP contribution in [0.15, 0.2) is 0 Å². The predicted octanol–water partition coefficient (Wildman–Crippen LogP) is 0.158. The van der Waals surface area contributed by atoms with Crippen molar-refractivity contribution in [3.05, 3.63) is 0 Å². The van der Waals surface area contributed by atoms with E-state index in [1.807, 2.05) is 6.92 Å². The Bertz CT molecular complexity index is 61.0. The molecule has 1 rings (SSSR count). The SMILES string of the molecule is C[C@]1(CO)CCO1. The zero-order valence-corrected chi connectivity index (χ0v) is 4.48. The molecule has 0 saturated carbocycles. The maximum Gasteiger partial charge on any atom is 0.0906 e. The molecule has 2 nitrogen and oxygen atoms in total. The Morgan fingerprint density at radius 2 is 2.43 bits per heavy atom. The zero-order valence-electron chi connectivity index (χ0n) is 4.48. The van der Waals surface area contributed by atoms with Crippen LogP contribution in [0.2, 0.25) is 0 Å². The van der Waals surface area contributed by atoms with Crippen LogP contribution in [0.3, 0.4) is 0 Å². The van der Waals surface area contributed by atoms with Crippen LogP contribution in [-0.2, 0) is 4.74 Å². The molecule has 1 heterocycles. The lowest BCUT2D eigenvalue weighted by atomic mass is 9.99. The molecule has 1 aliphatic rings. The topological polar surface area (TPSA) is 29.5 Å². The molecule has 2 heteroatoms. The monoisotopic (exact) mass is 102 g/mol. The molecule has 7 heavy (non-hydrogen) atoms. The van der Waals surface area contributed by atoms with E-state index in [-0.39, 0.29) is 12.2 Å². The van der Waals surface area contributed by atoms with Crippen molar-refractivity contribution in [1.82, 2.24) is 0 Å². The molecule has 0 spiro atoms. The number of aliphatic hydroxyl groups is 1. The van der Waals surface area contributed by atoms with Gasteiger partial charge in [-0.25, -0.2) is 0 Å². The van der Waals surface area contributed by atoms with E-state index in [4.69, 9.17) is 9.84 Å². The van der Waals surface area contributed by atoms with E-state index in [1.54, 1.807) is 0 Å². The van der Waals surface area contributed by atoms with Crippen molar-refractivity contribution in [1.29, 1.82) is 0 Å². The third-order valence-electron chi connectivity index (χ3n) is 1.42. The summed E-state index contributed by atoms with van der Waals surface area (Å²) in [5, 5.41) is 8.52. The largest absolute Gasteiger partial charge is 0.393 e. The molecule has 0 aromatic rings. The van der Waals surface area contributed by atoms with E-state index in [2.05, 4.69) is 0 Å². The minimum absolute atomic E-state index is 0.160. The summed E-state index contributed by atoms with van der Waals surface area (Å²) in [7, 11) is 0. The first-order valence-corrected chi connectivity index (χ1v) is 2.52. The smallest absolute Gasteiger partial charge is 0.0906 e. The Kier molecular flexibility index (Phi) is 1.05. The van der Waals surface area contributed by atoms with E-state index in [0.717, 1.165) is 13.0 Å². The number of hydrogen-bond acceptors (Lipinski definition) is 2. The summed E-state index contributed by atoms with van der Waals surface area (Å²) in [6.07, 6.45) is 1.00. The van der Waals surface area contributed by atoms with E-state index in [0.29, 0.717) is 0 Å². The number of rotatable bonds is 1. The van der Waals surface area contributed by atoms with Crippen LogP contribution in [0.4, 0.5) is 0 Å². The van der Waals surface area contributed by atoms with E-state index >= 15 is 0 Å². The van der Waals surface area contributed by atoms with Gasteiger partial charge in [-0.3, -0.25) is 0 Å². The summed E-state index contributed by atoms with van der Waals surface area (Å²) in [4.78, 5) is 0. The first-order valence-electron chi connectivity index (χ1n) is 2.52. The fraction of sp³-hybridized carbons (Fsp3) is 1.00. The Balaban J connectivity index is 2.29. The minimum atomic E-state index is -0.181. The van der Waals surface area contributed by atoms with Gasteiger partial charge < -0.3 is 9.84 Å². The molecule has 0 aromatic heterocycles. The van der Waals surface area contributed by atoms with Gasteiger partial charge in [-0.15, -0.1) is 0 Å². The second-order valence-corrected chi connectivity index (χ2v) is 2.21. The third kappa shape index (κ3) is 0.763. The lowest BCUT2D eigenvalue weighted by Gasteiger charge is -2.36. The lowest BCUT2D eigenvalue weighted by molar-refractivity contribution is -0.157. The summed E-state index contributed by atoms with van der Waals surface area (Å²) >= 11 is 0. The summed E-state index contributed by atoms with van der Waals surface area (Å²) in [5.41, 5.74) is -0.181. The number of hydrogen-bond donors (Lipinski definition) is 1. The molecule has 1 aliphatic heterocycles. The summed E-state index contributed by atoms with van der Waals surface area (Å²) < 4.78 is 5.02. The summed E-state index contributed by atoms with van der Waals surface area (Å²) in [6, 6.07) is 0. The first kappa shape index (κ1) is 5.06. The average Bonchev–Trinajstić information content (AvgIpc) is 1.61. The third-order valence-corrected chi connectivity index (χ3v) is 1.42. The Labute approximate surface area is 43.1 Å². The highest BCUT2D eigenvalue weighted by Crippen LogP contribution is 2.23. The molecule has 1 saturated heterocycles. The normalized spacial score (nSPS) is 40.3. The van der Waals surface area contributed by atoms with Crippen molar-refractivity contribution in [3.63, 3.8) is 0 Å². The van der Waals surface area contributed by atoms with Gasteiger partial charge in [0.05, 0.1) is 18.8 Å². The first-order chi connectivity index (χ1) is 3.27. The van der Waals surface area contributed by atoms with Crippen molar-refractivity contribution >= 4 is 0 Å². The van der Waals surface area contributed by atoms with Gasteiger partial charge >= 0.3 is 0 Å². The Morgan fingerprint density at radius 1 is 1.86 bits per heavy atom. The van der Waals surface area contributed by atoms with Crippen LogP contribution in [-0.4, -0.2) is 23.9 Å². The van der Waals surface area contributed by atoms with Gasteiger partial charge in [0.25, 0.3) is 0 Å². The average molecular weight is 102 g/mol. The van der Waals surface area contributed by atoms with Crippen LogP contribution in [0.25, 0.3) is 0 Å². The molecule has 1 atom stereocenters. The second kappa shape index (κ2) is 1.46. The number of aliphatic hydroxyl groups excluding tert-OH is 1. The maximum absolute atomic E-state index is 8.52. The van der Waals surface area contributed by atoms with Gasteiger partial charge in [0.1, 0.15) is 0 Å². The molecule has 0 aromatic carbocycles. The molecule has 1 fully saturated rings. The maximum atomic E-state index is 8.52. The predicted molar refractivity (Wildman–Crippen MR) is 26.1 cm³/mol. The highest BCUT2D eigenvalue weighted by atomic mass is 16.5. The summed E-state index contributed by atoms with van der Waals surface area (Å²) in [6.45, 7) is 2.89. The highest BCUT2D eigenvalue weighted by Gasteiger charge is 2.31. The van der Waals surface area contributed by atoms with Crippen LogP contribution in [0, 0.1) is 0 Å².